The third-order valence-corrected chi connectivity index (χ3v) is 8.95. The highest BCUT2D eigenvalue weighted by Crippen LogP contribution is 2.28. The monoisotopic (exact) mass is 840 g/mol. The van der Waals surface area contributed by atoms with Crippen molar-refractivity contribution in [2.24, 2.45) is 9.98 Å². The number of rotatable bonds is 10. The lowest BCUT2D eigenvalue weighted by atomic mass is 10.1. The summed E-state index contributed by atoms with van der Waals surface area (Å²) in [5.41, 5.74) is 10.5. The van der Waals surface area contributed by atoms with E-state index in [0.717, 1.165) is 72.7 Å². The molecule has 2 N–H and O–H groups in total. The Morgan fingerprint density at radius 1 is 0.444 bits per heavy atom. The first-order chi connectivity index (χ1) is 25.8. The molecule has 10 heteroatoms. The molecule has 272 valence electrons. The van der Waals surface area contributed by atoms with Gasteiger partial charge in [0.1, 0.15) is 13.1 Å². The SMILES string of the molecule is C1=Nc2ccccc2N/C=C(\CCC[n+]2ccc(-c3ccncc3)cc2)C=Nc2ccccc2N/C=C/1CCC[n+]1ccc(-c2ccncc2)cc1.[Br-].[Br-]. The summed E-state index contributed by atoms with van der Waals surface area (Å²) in [6, 6.07) is 33.1. The van der Waals surface area contributed by atoms with Crippen LogP contribution in [0.15, 0.2) is 180 Å². The van der Waals surface area contributed by atoms with E-state index in [2.05, 4.69) is 103 Å². The van der Waals surface area contributed by atoms with Crippen LogP contribution in [-0.2, 0) is 13.1 Å². The van der Waals surface area contributed by atoms with Crippen molar-refractivity contribution >= 4 is 35.2 Å². The van der Waals surface area contributed by atoms with Gasteiger partial charge in [-0.1, -0.05) is 24.3 Å². The Hall–Kier alpha value is -5.58. The van der Waals surface area contributed by atoms with Crippen molar-refractivity contribution in [1.29, 1.82) is 0 Å². The van der Waals surface area contributed by atoms with E-state index < -0.39 is 0 Å². The number of fused-ring (bicyclic) bond motifs is 2. The topological polar surface area (TPSA) is 82.3 Å². The minimum absolute atomic E-state index is 0. The van der Waals surface area contributed by atoms with Crippen LogP contribution in [0.2, 0.25) is 0 Å². The molecule has 0 bridgehead atoms. The number of anilines is 2. The first-order valence-corrected chi connectivity index (χ1v) is 17.7. The number of aliphatic imine (C=N–C) groups is 2. The smallest absolute Gasteiger partial charge is 0.169 e. The summed E-state index contributed by atoms with van der Waals surface area (Å²) >= 11 is 0. The van der Waals surface area contributed by atoms with Crippen LogP contribution >= 0.6 is 0 Å². The zero-order valence-electron chi connectivity index (χ0n) is 29.8. The molecular weight excluding hydrogens is 800 g/mol. The molecule has 0 saturated heterocycles. The second-order valence-corrected chi connectivity index (χ2v) is 12.6. The van der Waals surface area contributed by atoms with Gasteiger partial charge in [-0.2, -0.15) is 0 Å². The number of hydrogen-bond donors (Lipinski definition) is 2. The molecule has 0 radical (unpaired) electrons. The zero-order valence-corrected chi connectivity index (χ0v) is 33.0. The number of allylic oxidation sites excluding steroid dienone is 2. The summed E-state index contributed by atoms with van der Waals surface area (Å²) in [5, 5.41) is 7.08. The molecular formula is C44H42Br2N8. The van der Waals surface area contributed by atoms with E-state index in [1.54, 1.807) is 0 Å². The molecule has 1 aliphatic rings. The van der Waals surface area contributed by atoms with Crippen LogP contribution in [0.3, 0.4) is 0 Å². The number of nitrogens with zero attached hydrogens (tertiary/aromatic N) is 6. The fraction of sp³-hybridized carbons (Fsp3) is 0.136. The van der Waals surface area contributed by atoms with Gasteiger partial charge < -0.3 is 44.6 Å². The third-order valence-electron chi connectivity index (χ3n) is 8.95. The van der Waals surface area contributed by atoms with Gasteiger partial charge in [0.25, 0.3) is 0 Å². The van der Waals surface area contributed by atoms with E-state index in [0.29, 0.717) is 0 Å². The van der Waals surface area contributed by atoms with Gasteiger partial charge in [-0.15, -0.1) is 0 Å². The summed E-state index contributed by atoms with van der Waals surface area (Å²) in [6.07, 6.45) is 27.6. The maximum absolute atomic E-state index is 4.96. The van der Waals surface area contributed by atoms with E-state index in [9.17, 15) is 0 Å². The van der Waals surface area contributed by atoms with E-state index >= 15 is 0 Å². The van der Waals surface area contributed by atoms with Gasteiger partial charge in [-0.25, -0.2) is 9.13 Å². The van der Waals surface area contributed by atoms with Gasteiger partial charge in [0, 0.05) is 86.7 Å². The Labute approximate surface area is 338 Å². The van der Waals surface area contributed by atoms with Crippen LogP contribution in [-0.4, -0.2) is 22.4 Å². The van der Waals surface area contributed by atoms with Crippen LogP contribution in [0.25, 0.3) is 22.3 Å². The number of para-hydroxylation sites is 4. The molecule has 8 nitrogen and oxygen atoms in total. The molecule has 5 heterocycles. The maximum Gasteiger partial charge on any atom is 0.169 e. The molecule has 0 saturated carbocycles. The van der Waals surface area contributed by atoms with Crippen molar-refractivity contribution in [2.75, 3.05) is 10.6 Å². The van der Waals surface area contributed by atoms with E-state index in [1.807, 2.05) is 97.9 Å². The van der Waals surface area contributed by atoms with Gasteiger partial charge in [0.15, 0.2) is 24.8 Å². The number of aryl methyl sites for hydroxylation is 2. The molecule has 4 aromatic heterocycles. The number of nitrogens with one attached hydrogen (secondary N) is 2. The molecule has 7 rings (SSSR count). The fourth-order valence-corrected chi connectivity index (χ4v) is 6.03. The molecule has 0 spiro atoms. The lowest BCUT2D eigenvalue weighted by Gasteiger charge is -2.11. The van der Waals surface area contributed by atoms with E-state index in [4.69, 9.17) is 9.98 Å². The molecule has 6 aromatic rings. The molecule has 0 unspecified atom stereocenters. The van der Waals surface area contributed by atoms with Crippen LogP contribution in [0, 0.1) is 0 Å². The first-order valence-electron chi connectivity index (χ1n) is 17.7. The average molecular weight is 843 g/mol. The van der Waals surface area contributed by atoms with Crippen molar-refractivity contribution in [3.63, 3.8) is 0 Å². The lowest BCUT2D eigenvalue weighted by Crippen LogP contribution is -3.00. The third kappa shape index (κ3) is 11.2. The van der Waals surface area contributed by atoms with Crippen molar-refractivity contribution in [1.82, 2.24) is 9.97 Å². The predicted molar refractivity (Wildman–Crippen MR) is 211 cm³/mol. The Balaban J connectivity index is 0.00000280. The van der Waals surface area contributed by atoms with Gasteiger partial charge in [-0.3, -0.25) is 20.0 Å². The second-order valence-electron chi connectivity index (χ2n) is 12.6. The highest BCUT2D eigenvalue weighted by molar-refractivity contribution is 5.87. The average Bonchev–Trinajstić information content (AvgIpc) is 3.21. The highest BCUT2D eigenvalue weighted by Gasteiger charge is 2.08. The Morgan fingerprint density at radius 2 is 0.815 bits per heavy atom. The van der Waals surface area contributed by atoms with Gasteiger partial charge in [0.05, 0.1) is 22.7 Å². The lowest BCUT2D eigenvalue weighted by molar-refractivity contribution is -0.697. The van der Waals surface area contributed by atoms with Crippen LogP contribution in [0.5, 0.6) is 0 Å². The van der Waals surface area contributed by atoms with Gasteiger partial charge in [0.2, 0.25) is 0 Å². The quantitative estimate of drug-likeness (QED) is 0.208. The van der Waals surface area contributed by atoms with Crippen LogP contribution in [0.1, 0.15) is 25.7 Å². The van der Waals surface area contributed by atoms with Gasteiger partial charge in [-0.05, 0) is 94.8 Å². The summed E-state index contributed by atoms with van der Waals surface area (Å²) < 4.78 is 4.45. The number of hydrogen-bond acceptors (Lipinski definition) is 6. The zero-order chi connectivity index (χ0) is 35.2. The van der Waals surface area contributed by atoms with Crippen molar-refractivity contribution < 1.29 is 43.1 Å². The molecule has 0 atom stereocenters. The highest BCUT2D eigenvalue weighted by atomic mass is 79.9. The van der Waals surface area contributed by atoms with Crippen LogP contribution < -0.4 is 53.7 Å². The number of pyridine rings is 4. The Morgan fingerprint density at radius 3 is 1.22 bits per heavy atom. The van der Waals surface area contributed by atoms with E-state index in [1.165, 1.54) is 22.3 Å². The number of benzene rings is 2. The summed E-state index contributed by atoms with van der Waals surface area (Å²) in [5.74, 6) is 0. The molecule has 0 fully saturated rings. The van der Waals surface area contributed by atoms with Crippen molar-refractivity contribution in [2.45, 2.75) is 38.8 Å². The maximum atomic E-state index is 4.96. The minimum atomic E-state index is 0. The van der Waals surface area contributed by atoms with Crippen molar-refractivity contribution in [3.8, 4) is 22.3 Å². The second kappa shape index (κ2) is 20.6. The van der Waals surface area contributed by atoms with Crippen molar-refractivity contribution in [3.05, 3.63) is 170 Å². The van der Waals surface area contributed by atoms with E-state index in [-0.39, 0.29) is 34.0 Å². The molecule has 0 amide bonds. The Kier molecular flexibility index (Phi) is 15.1. The number of aromatic nitrogens is 4. The van der Waals surface area contributed by atoms with Crippen LogP contribution in [0.4, 0.5) is 22.7 Å². The van der Waals surface area contributed by atoms with Gasteiger partial charge >= 0.3 is 0 Å². The number of halogens is 2. The normalized spacial score (nSPS) is 14.1. The molecule has 1 aliphatic heterocycles. The fourth-order valence-electron chi connectivity index (χ4n) is 6.03. The first kappa shape index (κ1) is 39.6. The molecule has 2 aromatic carbocycles. The predicted octanol–water partition coefficient (Wildman–Crippen LogP) is 3.06. The summed E-state index contributed by atoms with van der Waals surface area (Å²) in [6.45, 7) is 1.79. The summed E-state index contributed by atoms with van der Waals surface area (Å²) in [4.78, 5) is 18.2. The molecule has 0 aliphatic carbocycles. The standard InChI is InChI=1S/C44H41N8.2BrH/c1-2-10-42-41(9-1)47-31-35(7-5-25-51-27-17-39(18-28-51)37-13-21-45-22-14-37)33-49-43-11-3-4-12-44(43)50-34-36(32-48-42)8-6-26-52-29-19-40(20-30-52)38-15-23-46-24-16-38;;/h1-4,9-24,27-34,45H,5-8,25-26H2;2*1H/q+1;;/p-1/b35-31+,35-33?,36-32?,36-34+,47-31?,47-41?,48-32?,48-42?,49-33?,49-43?,50-34?,50-44?;;. The largest absolute Gasteiger partial charge is 1.00 e. The summed E-state index contributed by atoms with van der Waals surface area (Å²) in [7, 11) is 0. The Bertz CT molecular complexity index is 2030. The minimum Gasteiger partial charge on any atom is -1.00 e. The molecule has 54 heavy (non-hydrogen) atoms.